The van der Waals surface area contributed by atoms with Gasteiger partial charge in [0.25, 0.3) is 0 Å². The molecule has 0 saturated heterocycles. The van der Waals surface area contributed by atoms with Crippen LogP contribution < -0.4 is 4.74 Å². The van der Waals surface area contributed by atoms with Crippen molar-refractivity contribution in [3.05, 3.63) is 52.8 Å². The first-order valence-electron chi connectivity index (χ1n) is 4.60. The fourth-order valence-corrected chi connectivity index (χ4v) is 1.47. The van der Waals surface area contributed by atoms with Crippen LogP contribution in [0.4, 0.5) is 0 Å². The fourth-order valence-electron chi connectivity index (χ4n) is 1.20. The second-order valence-electron chi connectivity index (χ2n) is 3.20. The number of ether oxygens (including phenoxy) is 1. The van der Waals surface area contributed by atoms with Crippen molar-refractivity contribution in [3.8, 4) is 11.5 Å². The van der Waals surface area contributed by atoms with Crippen molar-refractivity contribution in [3.63, 3.8) is 0 Å². The van der Waals surface area contributed by atoms with Gasteiger partial charge in [-0.25, -0.2) is 0 Å². The molecule has 0 fully saturated rings. The summed E-state index contributed by atoms with van der Waals surface area (Å²) in [7, 11) is 0. The summed E-state index contributed by atoms with van der Waals surface area (Å²) >= 11 is 3.38. The largest absolute Gasteiger partial charge is 0.457 e. The lowest BCUT2D eigenvalue weighted by atomic mass is 10.3. The van der Waals surface area contributed by atoms with Crippen molar-refractivity contribution in [2.24, 2.45) is 0 Å². The summed E-state index contributed by atoms with van der Waals surface area (Å²) in [6, 6.07) is 9.60. The first-order chi connectivity index (χ1) is 7.25. The molecule has 0 aliphatic carbocycles. The number of benzene rings is 1. The first-order valence-corrected chi connectivity index (χ1v) is 5.39. The van der Waals surface area contributed by atoms with Gasteiger partial charge >= 0.3 is 0 Å². The average molecular weight is 264 g/mol. The zero-order valence-corrected chi connectivity index (χ0v) is 9.86. The van der Waals surface area contributed by atoms with Crippen LogP contribution in [0.2, 0.25) is 0 Å². The number of aromatic nitrogens is 1. The minimum Gasteiger partial charge on any atom is -0.457 e. The van der Waals surface area contributed by atoms with E-state index in [-0.39, 0.29) is 0 Å². The Morgan fingerprint density at radius 1 is 1.13 bits per heavy atom. The standard InChI is InChI=1S/C12H10BrNO/c1-9-8-14-7-6-12(9)15-11-4-2-10(13)3-5-11/h2-8H,1H3. The predicted molar refractivity (Wildman–Crippen MR) is 63.2 cm³/mol. The molecule has 2 aromatic rings. The minimum absolute atomic E-state index is 0.826. The van der Waals surface area contributed by atoms with Gasteiger partial charge in [0.2, 0.25) is 0 Å². The third kappa shape index (κ3) is 2.57. The Morgan fingerprint density at radius 3 is 2.53 bits per heavy atom. The highest BCUT2D eigenvalue weighted by molar-refractivity contribution is 9.10. The van der Waals surface area contributed by atoms with Crippen LogP contribution in [0, 0.1) is 6.92 Å². The lowest BCUT2D eigenvalue weighted by molar-refractivity contribution is 0.478. The third-order valence-electron chi connectivity index (χ3n) is 2.01. The summed E-state index contributed by atoms with van der Waals surface area (Å²) in [4.78, 5) is 4.01. The van der Waals surface area contributed by atoms with Crippen LogP contribution in [0.3, 0.4) is 0 Å². The molecule has 2 nitrogen and oxygen atoms in total. The van der Waals surface area contributed by atoms with Crippen molar-refractivity contribution >= 4 is 15.9 Å². The number of aryl methyl sites for hydroxylation is 1. The second-order valence-corrected chi connectivity index (χ2v) is 4.11. The van der Waals surface area contributed by atoms with E-state index < -0.39 is 0 Å². The first kappa shape index (κ1) is 10.2. The molecule has 0 radical (unpaired) electrons. The van der Waals surface area contributed by atoms with Crippen LogP contribution in [-0.4, -0.2) is 4.98 Å². The summed E-state index contributed by atoms with van der Waals surface area (Å²) in [5, 5.41) is 0. The molecule has 15 heavy (non-hydrogen) atoms. The van der Waals surface area contributed by atoms with Crippen LogP contribution in [0.5, 0.6) is 11.5 Å². The molecular weight excluding hydrogens is 254 g/mol. The molecule has 3 heteroatoms. The van der Waals surface area contributed by atoms with Gasteiger partial charge in [-0.1, -0.05) is 15.9 Å². The highest BCUT2D eigenvalue weighted by Crippen LogP contribution is 2.24. The lowest BCUT2D eigenvalue weighted by Gasteiger charge is -2.07. The summed E-state index contributed by atoms with van der Waals surface area (Å²) < 4.78 is 6.75. The van der Waals surface area contributed by atoms with Crippen LogP contribution in [-0.2, 0) is 0 Å². The summed E-state index contributed by atoms with van der Waals surface area (Å²) in [6.45, 7) is 1.97. The Morgan fingerprint density at radius 2 is 1.87 bits per heavy atom. The van der Waals surface area contributed by atoms with E-state index in [0.717, 1.165) is 21.5 Å². The molecule has 0 amide bonds. The molecular formula is C12H10BrNO. The Bertz CT molecular complexity index is 453. The van der Waals surface area contributed by atoms with Crippen LogP contribution >= 0.6 is 15.9 Å². The summed E-state index contributed by atoms with van der Waals surface area (Å²) in [5.41, 5.74) is 1.03. The molecule has 0 unspecified atom stereocenters. The lowest BCUT2D eigenvalue weighted by Crippen LogP contribution is -1.87. The number of hydrogen-bond acceptors (Lipinski definition) is 2. The molecule has 1 heterocycles. The Kier molecular flexibility index (Phi) is 3.02. The molecule has 0 atom stereocenters. The van der Waals surface area contributed by atoms with Gasteiger partial charge < -0.3 is 4.74 Å². The van der Waals surface area contributed by atoms with E-state index in [4.69, 9.17) is 4.74 Å². The van der Waals surface area contributed by atoms with Gasteiger partial charge in [-0.2, -0.15) is 0 Å². The fraction of sp³-hybridized carbons (Fsp3) is 0.0833. The van der Waals surface area contributed by atoms with Crippen molar-refractivity contribution in [2.75, 3.05) is 0 Å². The Labute approximate surface area is 97.1 Å². The van der Waals surface area contributed by atoms with E-state index in [1.807, 2.05) is 37.3 Å². The monoisotopic (exact) mass is 263 g/mol. The molecule has 1 aromatic heterocycles. The quantitative estimate of drug-likeness (QED) is 0.819. The van der Waals surface area contributed by atoms with Crippen molar-refractivity contribution in [1.29, 1.82) is 0 Å². The third-order valence-corrected chi connectivity index (χ3v) is 2.54. The van der Waals surface area contributed by atoms with Gasteiger partial charge in [-0.3, -0.25) is 4.98 Å². The van der Waals surface area contributed by atoms with Gasteiger partial charge in [0.1, 0.15) is 11.5 Å². The minimum atomic E-state index is 0.826. The van der Waals surface area contributed by atoms with Crippen LogP contribution in [0.1, 0.15) is 5.56 Å². The maximum atomic E-state index is 5.70. The van der Waals surface area contributed by atoms with E-state index in [1.165, 1.54) is 0 Å². The molecule has 0 bridgehead atoms. The van der Waals surface area contributed by atoms with Gasteiger partial charge in [0.15, 0.2) is 0 Å². The molecule has 76 valence electrons. The van der Waals surface area contributed by atoms with Crippen LogP contribution in [0.15, 0.2) is 47.2 Å². The maximum Gasteiger partial charge on any atom is 0.133 e. The zero-order chi connectivity index (χ0) is 10.7. The Hall–Kier alpha value is -1.35. The molecule has 1 aromatic carbocycles. The number of nitrogens with zero attached hydrogens (tertiary/aromatic N) is 1. The Balaban J connectivity index is 2.22. The predicted octanol–water partition coefficient (Wildman–Crippen LogP) is 3.94. The van der Waals surface area contributed by atoms with Crippen molar-refractivity contribution in [2.45, 2.75) is 6.92 Å². The molecule has 0 spiro atoms. The molecule has 2 rings (SSSR count). The highest BCUT2D eigenvalue weighted by Gasteiger charge is 2.00. The highest BCUT2D eigenvalue weighted by atomic mass is 79.9. The molecule has 0 N–H and O–H groups in total. The zero-order valence-electron chi connectivity index (χ0n) is 8.27. The number of rotatable bonds is 2. The van der Waals surface area contributed by atoms with E-state index in [1.54, 1.807) is 12.4 Å². The maximum absolute atomic E-state index is 5.70. The summed E-state index contributed by atoms with van der Waals surface area (Å²) in [6.07, 6.45) is 3.51. The number of pyridine rings is 1. The molecule has 0 aliphatic rings. The van der Waals surface area contributed by atoms with Gasteiger partial charge in [-0.15, -0.1) is 0 Å². The number of hydrogen-bond donors (Lipinski definition) is 0. The summed E-state index contributed by atoms with van der Waals surface area (Å²) in [5.74, 6) is 1.67. The van der Waals surface area contributed by atoms with Crippen molar-refractivity contribution in [1.82, 2.24) is 4.98 Å². The number of halogens is 1. The van der Waals surface area contributed by atoms with Gasteiger partial charge in [0.05, 0.1) is 0 Å². The topological polar surface area (TPSA) is 22.1 Å². The molecule has 0 saturated carbocycles. The average Bonchev–Trinajstić information content (AvgIpc) is 2.25. The van der Waals surface area contributed by atoms with E-state index >= 15 is 0 Å². The second kappa shape index (κ2) is 4.45. The van der Waals surface area contributed by atoms with E-state index in [2.05, 4.69) is 20.9 Å². The van der Waals surface area contributed by atoms with Crippen LogP contribution in [0.25, 0.3) is 0 Å². The van der Waals surface area contributed by atoms with Gasteiger partial charge in [0, 0.05) is 22.4 Å². The van der Waals surface area contributed by atoms with E-state index in [9.17, 15) is 0 Å². The molecule has 0 aliphatic heterocycles. The SMILES string of the molecule is Cc1cnccc1Oc1ccc(Br)cc1. The van der Waals surface area contributed by atoms with Gasteiger partial charge in [-0.05, 0) is 37.3 Å². The van der Waals surface area contributed by atoms with E-state index in [0.29, 0.717) is 0 Å². The van der Waals surface area contributed by atoms with Crippen molar-refractivity contribution < 1.29 is 4.74 Å². The smallest absolute Gasteiger partial charge is 0.133 e. The normalized spacial score (nSPS) is 10.0.